The van der Waals surface area contributed by atoms with E-state index in [1.165, 1.54) is 0 Å². The molecule has 0 aromatic heterocycles. The molecule has 136 valence electrons. The zero-order valence-electron chi connectivity index (χ0n) is 16.4. The molecule has 0 atom stereocenters. The summed E-state index contributed by atoms with van der Waals surface area (Å²) in [5.41, 5.74) is 0.467. The molecule has 0 amide bonds. The van der Waals surface area contributed by atoms with Crippen LogP contribution in [0.1, 0.15) is 74.7 Å². The SMILES string of the molecule is Cc1c(B2OC(C)(C)C(C)(C)O2)cc(C=O)cc1C(=O)OC(C)(C)C. The van der Waals surface area contributed by atoms with Gasteiger partial charge in [0.15, 0.2) is 0 Å². The molecule has 25 heavy (non-hydrogen) atoms. The summed E-state index contributed by atoms with van der Waals surface area (Å²) in [6.45, 7) is 15.1. The first kappa shape index (κ1) is 19.7. The van der Waals surface area contributed by atoms with Crippen molar-refractivity contribution in [3.8, 4) is 0 Å². The van der Waals surface area contributed by atoms with E-state index in [0.29, 0.717) is 28.4 Å². The lowest BCUT2D eigenvalue weighted by molar-refractivity contribution is 0.00578. The normalized spacial score (nSPS) is 19.0. The number of carbonyl (C=O) groups is 2. The van der Waals surface area contributed by atoms with E-state index in [4.69, 9.17) is 14.0 Å². The first-order valence-electron chi connectivity index (χ1n) is 8.46. The van der Waals surface area contributed by atoms with Crippen LogP contribution >= 0.6 is 0 Å². The molecule has 0 bridgehead atoms. The van der Waals surface area contributed by atoms with Crippen molar-refractivity contribution in [2.24, 2.45) is 0 Å². The van der Waals surface area contributed by atoms with Gasteiger partial charge in [0.05, 0.1) is 16.8 Å². The second-order valence-corrected chi connectivity index (χ2v) is 8.49. The van der Waals surface area contributed by atoms with Gasteiger partial charge in [0, 0.05) is 5.56 Å². The van der Waals surface area contributed by atoms with Crippen molar-refractivity contribution in [2.45, 2.75) is 72.2 Å². The van der Waals surface area contributed by atoms with Gasteiger partial charge < -0.3 is 14.0 Å². The summed E-state index contributed by atoms with van der Waals surface area (Å²) in [6.07, 6.45) is 0.710. The molecule has 0 unspecified atom stereocenters. The van der Waals surface area contributed by atoms with E-state index in [1.54, 1.807) is 32.9 Å². The lowest BCUT2D eigenvalue weighted by Crippen LogP contribution is -2.41. The van der Waals surface area contributed by atoms with E-state index in [9.17, 15) is 9.59 Å². The highest BCUT2D eigenvalue weighted by molar-refractivity contribution is 6.63. The molecule has 1 aliphatic rings. The first-order valence-corrected chi connectivity index (χ1v) is 8.46. The van der Waals surface area contributed by atoms with Gasteiger partial charge in [-0.1, -0.05) is 6.07 Å². The van der Waals surface area contributed by atoms with Crippen LogP contribution < -0.4 is 5.46 Å². The summed E-state index contributed by atoms with van der Waals surface area (Å²) in [5.74, 6) is -0.466. The van der Waals surface area contributed by atoms with Gasteiger partial charge in [-0.25, -0.2) is 4.79 Å². The molecule has 0 spiro atoms. The zero-order valence-corrected chi connectivity index (χ0v) is 16.4. The molecule has 0 N–H and O–H groups in total. The van der Waals surface area contributed by atoms with Crippen molar-refractivity contribution in [2.75, 3.05) is 0 Å². The van der Waals surface area contributed by atoms with Gasteiger partial charge >= 0.3 is 13.1 Å². The Bertz CT molecular complexity index is 685. The molecular formula is C19H27BO5. The first-order chi connectivity index (χ1) is 11.3. The molecule has 1 aromatic carbocycles. The smallest absolute Gasteiger partial charge is 0.456 e. The minimum atomic E-state index is -0.647. The Morgan fingerprint density at radius 1 is 1.12 bits per heavy atom. The van der Waals surface area contributed by atoms with Gasteiger partial charge in [-0.05, 0) is 72.5 Å². The maximum Gasteiger partial charge on any atom is 0.495 e. The van der Waals surface area contributed by atoms with Crippen LogP contribution in [0.5, 0.6) is 0 Å². The highest BCUT2D eigenvalue weighted by atomic mass is 16.7. The summed E-state index contributed by atoms with van der Waals surface area (Å²) in [7, 11) is -0.647. The molecule has 0 aliphatic carbocycles. The van der Waals surface area contributed by atoms with Crippen LogP contribution in [0.25, 0.3) is 0 Å². The lowest BCUT2D eigenvalue weighted by atomic mass is 9.74. The fraction of sp³-hybridized carbons (Fsp3) is 0.579. The Hall–Kier alpha value is -1.66. The Labute approximate surface area is 150 Å². The molecule has 1 saturated heterocycles. The van der Waals surface area contributed by atoms with E-state index in [1.807, 2.05) is 34.6 Å². The number of aldehydes is 1. The molecule has 1 heterocycles. The van der Waals surface area contributed by atoms with Gasteiger partial charge in [-0.2, -0.15) is 0 Å². The standard InChI is InChI=1S/C19H27BO5/c1-12-14(16(22)23-17(2,3)4)9-13(11-21)10-15(12)20-24-18(5,6)19(7,8)25-20/h9-11H,1-8H3. The van der Waals surface area contributed by atoms with E-state index in [2.05, 4.69) is 0 Å². The highest BCUT2D eigenvalue weighted by Gasteiger charge is 2.52. The Kier molecular flexibility index (Phi) is 4.92. The largest absolute Gasteiger partial charge is 0.495 e. The third-order valence-electron chi connectivity index (χ3n) is 4.73. The average Bonchev–Trinajstić information content (AvgIpc) is 2.65. The van der Waals surface area contributed by atoms with Crippen molar-refractivity contribution in [3.63, 3.8) is 0 Å². The second-order valence-electron chi connectivity index (χ2n) is 8.49. The minimum Gasteiger partial charge on any atom is -0.456 e. The van der Waals surface area contributed by atoms with Gasteiger partial charge in [-0.15, -0.1) is 0 Å². The number of hydrogen-bond acceptors (Lipinski definition) is 5. The van der Waals surface area contributed by atoms with Gasteiger partial charge in [-0.3, -0.25) is 4.79 Å². The van der Waals surface area contributed by atoms with E-state index < -0.39 is 29.9 Å². The van der Waals surface area contributed by atoms with E-state index in [-0.39, 0.29) is 0 Å². The van der Waals surface area contributed by atoms with Crippen molar-refractivity contribution in [1.29, 1.82) is 0 Å². The maximum atomic E-state index is 12.6. The minimum absolute atomic E-state index is 0.351. The number of esters is 1. The number of carbonyl (C=O) groups excluding carboxylic acids is 2. The molecule has 1 aromatic rings. The fourth-order valence-corrected chi connectivity index (χ4v) is 2.59. The van der Waals surface area contributed by atoms with Crippen LogP contribution in [0, 0.1) is 6.92 Å². The molecule has 1 fully saturated rings. The third kappa shape index (κ3) is 3.96. The maximum absolute atomic E-state index is 12.6. The van der Waals surface area contributed by atoms with Gasteiger partial charge in [0.2, 0.25) is 0 Å². The molecule has 6 heteroatoms. The zero-order chi connectivity index (χ0) is 19.2. The predicted molar refractivity (Wildman–Crippen MR) is 97.5 cm³/mol. The van der Waals surface area contributed by atoms with E-state index in [0.717, 1.165) is 0 Å². The lowest BCUT2D eigenvalue weighted by Gasteiger charge is -2.32. The number of benzene rings is 1. The van der Waals surface area contributed by atoms with Crippen LogP contribution in [-0.4, -0.2) is 36.2 Å². The molecule has 2 rings (SSSR count). The molecule has 5 nitrogen and oxygen atoms in total. The van der Waals surface area contributed by atoms with E-state index >= 15 is 0 Å². The van der Waals surface area contributed by atoms with Crippen molar-refractivity contribution >= 4 is 24.8 Å². The Morgan fingerprint density at radius 3 is 2.08 bits per heavy atom. The third-order valence-corrected chi connectivity index (χ3v) is 4.73. The van der Waals surface area contributed by atoms with Crippen LogP contribution in [-0.2, 0) is 14.0 Å². The number of ether oxygens (including phenoxy) is 1. The number of rotatable bonds is 3. The van der Waals surface area contributed by atoms with Crippen LogP contribution in [0.4, 0.5) is 0 Å². The molecule has 0 radical (unpaired) electrons. The number of hydrogen-bond donors (Lipinski definition) is 0. The summed E-state index contributed by atoms with van der Waals surface area (Å²) in [6, 6.07) is 3.25. The summed E-state index contributed by atoms with van der Waals surface area (Å²) in [5, 5.41) is 0. The summed E-state index contributed by atoms with van der Waals surface area (Å²) in [4.78, 5) is 23.9. The van der Waals surface area contributed by atoms with Crippen molar-refractivity contribution in [3.05, 3.63) is 28.8 Å². The summed E-state index contributed by atoms with van der Waals surface area (Å²) >= 11 is 0. The molecular weight excluding hydrogens is 319 g/mol. The van der Waals surface area contributed by atoms with Crippen LogP contribution in [0.15, 0.2) is 12.1 Å². The van der Waals surface area contributed by atoms with Gasteiger partial charge in [0.1, 0.15) is 11.9 Å². The Balaban J connectivity index is 2.48. The summed E-state index contributed by atoms with van der Waals surface area (Å²) < 4.78 is 17.6. The molecule has 1 aliphatic heterocycles. The predicted octanol–water partition coefficient (Wildman–Crippen LogP) is 3.06. The van der Waals surface area contributed by atoms with Crippen molar-refractivity contribution in [1.82, 2.24) is 0 Å². The quantitative estimate of drug-likeness (QED) is 0.478. The Morgan fingerprint density at radius 2 is 1.64 bits per heavy atom. The second kappa shape index (κ2) is 6.25. The van der Waals surface area contributed by atoms with Crippen molar-refractivity contribution < 1.29 is 23.6 Å². The highest BCUT2D eigenvalue weighted by Crippen LogP contribution is 2.37. The fourth-order valence-electron chi connectivity index (χ4n) is 2.59. The topological polar surface area (TPSA) is 61.8 Å². The van der Waals surface area contributed by atoms with Gasteiger partial charge in [0.25, 0.3) is 0 Å². The average molecular weight is 346 g/mol. The molecule has 0 saturated carbocycles. The monoisotopic (exact) mass is 346 g/mol. The van der Waals surface area contributed by atoms with Crippen LogP contribution in [0.2, 0.25) is 0 Å². The van der Waals surface area contributed by atoms with Crippen LogP contribution in [0.3, 0.4) is 0 Å².